The molecular weight excluding hydrogens is 474 g/mol. The van der Waals surface area contributed by atoms with Crippen molar-refractivity contribution in [3.63, 3.8) is 0 Å². The molecule has 0 N–H and O–H groups in total. The fourth-order valence-electron chi connectivity index (χ4n) is 4.13. The molecular formula is C21H32ClNO5S2Si. The van der Waals surface area contributed by atoms with Crippen LogP contribution in [-0.2, 0) is 23.9 Å². The highest BCUT2D eigenvalue weighted by atomic mass is 35.5. The third kappa shape index (κ3) is 4.96. The SMILES string of the molecule is COC(=S)OC1CC2CCC([C@H]1O[Si](C)(C)C(C)(C)C)N2S(=O)(=O)c1ccc(Cl)cc1. The highest BCUT2D eigenvalue weighted by Crippen LogP contribution is 2.45. The zero-order chi connectivity index (χ0) is 23.2. The van der Waals surface area contributed by atoms with Crippen molar-refractivity contribution in [1.82, 2.24) is 4.31 Å². The van der Waals surface area contributed by atoms with Crippen LogP contribution in [0, 0.1) is 0 Å². The lowest BCUT2D eigenvalue weighted by atomic mass is 9.99. The molecule has 2 aliphatic heterocycles. The molecule has 10 heteroatoms. The molecule has 2 fully saturated rings. The molecule has 2 heterocycles. The van der Waals surface area contributed by atoms with E-state index in [-0.39, 0.29) is 33.4 Å². The second-order valence-corrected chi connectivity index (χ2v) is 17.1. The second-order valence-electron chi connectivity index (χ2n) is 9.78. The van der Waals surface area contributed by atoms with Gasteiger partial charge in [0.2, 0.25) is 10.0 Å². The van der Waals surface area contributed by atoms with Crippen molar-refractivity contribution in [2.24, 2.45) is 0 Å². The van der Waals surface area contributed by atoms with Crippen molar-refractivity contribution in [2.75, 3.05) is 7.11 Å². The first-order valence-corrected chi connectivity index (χ1v) is 15.6. The van der Waals surface area contributed by atoms with Gasteiger partial charge in [-0.3, -0.25) is 0 Å². The van der Waals surface area contributed by atoms with Gasteiger partial charge in [0.15, 0.2) is 8.32 Å². The topological polar surface area (TPSA) is 65.1 Å². The average Bonchev–Trinajstić information content (AvgIpc) is 3.02. The number of rotatable bonds is 5. The number of thiocarbonyl (C=S) groups is 1. The van der Waals surface area contributed by atoms with Crippen molar-refractivity contribution in [3.8, 4) is 0 Å². The maximum Gasteiger partial charge on any atom is 0.352 e. The number of nitrogens with zero attached hydrogens (tertiary/aromatic N) is 1. The predicted molar refractivity (Wildman–Crippen MR) is 128 cm³/mol. The second kappa shape index (κ2) is 8.91. The maximum atomic E-state index is 13.6. The quantitative estimate of drug-likeness (QED) is 0.415. The van der Waals surface area contributed by atoms with Gasteiger partial charge in [-0.1, -0.05) is 32.4 Å². The van der Waals surface area contributed by atoms with Gasteiger partial charge in [0, 0.05) is 29.7 Å². The first kappa shape index (κ1) is 24.9. The fourth-order valence-corrected chi connectivity index (χ4v) is 7.61. The van der Waals surface area contributed by atoms with Crippen LogP contribution in [0.4, 0.5) is 0 Å². The van der Waals surface area contributed by atoms with E-state index in [0.717, 1.165) is 12.8 Å². The van der Waals surface area contributed by atoms with Gasteiger partial charge in [-0.15, -0.1) is 0 Å². The molecule has 0 spiro atoms. The number of hydrogen-bond donors (Lipinski definition) is 0. The van der Waals surface area contributed by atoms with Crippen molar-refractivity contribution < 1.29 is 22.3 Å². The first-order chi connectivity index (χ1) is 14.3. The van der Waals surface area contributed by atoms with E-state index in [1.54, 1.807) is 28.6 Å². The molecule has 2 bridgehead atoms. The molecule has 31 heavy (non-hydrogen) atoms. The number of halogens is 1. The van der Waals surface area contributed by atoms with Crippen molar-refractivity contribution in [2.45, 2.75) is 87.4 Å². The van der Waals surface area contributed by atoms with Crippen LogP contribution in [0.1, 0.15) is 40.0 Å². The van der Waals surface area contributed by atoms with Gasteiger partial charge in [-0.05, 0) is 55.2 Å². The molecule has 3 unspecified atom stereocenters. The number of benzene rings is 1. The third-order valence-electron chi connectivity index (χ3n) is 6.77. The summed E-state index contributed by atoms with van der Waals surface area (Å²) in [4.78, 5) is 0.242. The molecule has 3 rings (SSSR count). The van der Waals surface area contributed by atoms with Gasteiger partial charge in [0.05, 0.1) is 24.2 Å². The number of sulfonamides is 1. The number of fused-ring (bicyclic) bond motifs is 2. The molecule has 1 aromatic rings. The molecule has 0 saturated carbocycles. The monoisotopic (exact) mass is 505 g/mol. The van der Waals surface area contributed by atoms with E-state index in [9.17, 15) is 8.42 Å². The van der Waals surface area contributed by atoms with Crippen molar-refractivity contribution >= 4 is 47.4 Å². The van der Waals surface area contributed by atoms with E-state index in [1.165, 1.54) is 7.11 Å². The summed E-state index contributed by atoms with van der Waals surface area (Å²) in [5.41, 5.74) is 0. The zero-order valence-corrected chi connectivity index (χ0v) is 22.3. The Labute approximate surface area is 197 Å². The van der Waals surface area contributed by atoms with Crippen LogP contribution in [0.5, 0.6) is 0 Å². The van der Waals surface area contributed by atoms with E-state index < -0.39 is 24.4 Å². The van der Waals surface area contributed by atoms with Gasteiger partial charge in [0.1, 0.15) is 6.10 Å². The Morgan fingerprint density at radius 3 is 2.35 bits per heavy atom. The van der Waals surface area contributed by atoms with Gasteiger partial charge in [-0.2, -0.15) is 4.31 Å². The molecule has 1 aromatic carbocycles. The number of piperidine rings is 1. The lowest BCUT2D eigenvalue weighted by molar-refractivity contribution is -0.0446. The number of methoxy groups -OCH3 is 1. The Bertz CT molecular complexity index is 917. The maximum absolute atomic E-state index is 13.6. The highest BCUT2D eigenvalue weighted by Gasteiger charge is 2.56. The molecule has 6 nitrogen and oxygen atoms in total. The summed E-state index contributed by atoms with van der Waals surface area (Å²) >= 11 is 11.1. The molecule has 0 aromatic heterocycles. The smallest absolute Gasteiger partial charge is 0.352 e. The van der Waals surface area contributed by atoms with Crippen LogP contribution in [-0.4, -0.2) is 57.7 Å². The van der Waals surface area contributed by atoms with Crippen LogP contribution < -0.4 is 0 Å². The molecule has 0 aliphatic carbocycles. The average molecular weight is 506 g/mol. The molecule has 174 valence electrons. The Morgan fingerprint density at radius 2 is 1.81 bits per heavy atom. The van der Waals surface area contributed by atoms with Crippen LogP contribution in [0.15, 0.2) is 29.2 Å². The summed E-state index contributed by atoms with van der Waals surface area (Å²) in [6.07, 6.45) is 1.21. The normalized spacial score (nSPS) is 27.2. The van der Waals surface area contributed by atoms with Gasteiger partial charge in [-0.25, -0.2) is 8.42 Å². The molecule has 0 radical (unpaired) electrons. The lowest BCUT2D eigenvalue weighted by Gasteiger charge is -2.48. The molecule has 2 saturated heterocycles. The van der Waals surface area contributed by atoms with Gasteiger partial charge in [0.25, 0.3) is 0 Å². The largest absolute Gasteiger partial charge is 0.460 e. The van der Waals surface area contributed by atoms with Crippen LogP contribution in [0.2, 0.25) is 23.2 Å². The van der Waals surface area contributed by atoms with Crippen LogP contribution in [0.3, 0.4) is 0 Å². The third-order valence-corrected chi connectivity index (χ3v) is 13.8. The minimum Gasteiger partial charge on any atom is -0.460 e. The predicted octanol–water partition coefficient (Wildman–Crippen LogP) is 4.97. The Morgan fingerprint density at radius 1 is 1.19 bits per heavy atom. The van der Waals surface area contributed by atoms with E-state index in [4.69, 9.17) is 37.7 Å². The van der Waals surface area contributed by atoms with E-state index >= 15 is 0 Å². The van der Waals surface area contributed by atoms with Crippen LogP contribution in [0.25, 0.3) is 0 Å². The first-order valence-electron chi connectivity index (χ1n) is 10.5. The number of hydrogen-bond acceptors (Lipinski definition) is 6. The lowest BCUT2D eigenvalue weighted by Crippen LogP contribution is -2.61. The summed E-state index contributed by atoms with van der Waals surface area (Å²) in [6, 6.07) is 5.83. The summed E-state index contributed by atoms with van der Waals surface area (Å²) in [5.74, 6) is 0. The Balaban J connectivity index is 1.98. The number of ether oxygens (including phenoxy) is 2. The standard InChI is InChI=1S/C21H32ClNO5S2Si/c1-21(2,3)31(5,6)28-19-17-12-9-15(13-18(19)27-20(29)26-4)23(17)30(24,25)16-10-7-14(22)8-11-16/h7-8,10-11,15,17-19H,9,12-13H2,1-6H3/t15?,17?,18?,19-/m1/s1. The van der Waals surface area contributed by atoms with Crippen LogP contribution >= 0.6 is 23.8 Å². The van der Waals surface area contributed by atoms with Gasteiger partial charge >= 0.3 is 5.24 Å². The minimum atomic E-state index is -3.71. The Kier molecular flexibility index (Phi) is 7.16. The van der Waals surface area contributed by atoms with Gasteiger partial charge < -0.3 is 13.9 Å². The van der Waals surface area contributed by atoms with E-state index in [0.29, 0.717) is 11.4 Å². The molecule has 4 atom stereocenters. The summed E-state index contributed by atoms with van der Waals surface area (Å²) in [5, 5.41) is 0.526. The summed E-state index contributed by atoms with van der Waals surface area (Å²) < 4.78 is 46.7. The minimum absolute atomic E-state index is 0.0331. The summed E-state index contributed by atoms with van der Waals surface area (Å²) in [6.45, 7) is 10.8. The Hall–Kier alpha value is -0.713. The summed E-state index contributed by atoms with van der Waals surface area (Å²) in [7, 11) is -4.45. The zero-order valence-electron chi connectivity index (χ0n) is 18.9. The molecule has 2 aliphatic rings. The van der Waals surface area contributed by atoms with E-state index in [2.05, 4.69) is 33.9 Å². The van der Waals surface area contributed by atoms with E-state index in [1.807, 2.05) is 0 Å². The highest BCUT2D eigenvalue weighted by molar-refractivity contribution is 7.89. The molecule has 0 amide bonds. The fraction of sp³-hybridized carbons (Fsp3) is 0.667. The van der Waals surface area contributed by atoms with Crippen molar-refractivity contribution in [1.29, 1.82) is 0 Å². The van der Waals surface area contributed by atoms with Crippen molar-refractivity contribution in [3.05, 3.63) is 29.3 Å².